The van der Waals surface area contributed by atoms with Gasteiger partial charge >= 0.3 is 0 Å². The van der Waals surface area contributed by atoms with Crippen molar-refractivity contribution in [2.24, 2.45) is 0 Å². The zero-order valence-corrected chi connectivity index (χ0v) is 10.9. The summed E-state index contributed by atoms with van der Waals surface area (Å²) < 4.78 is 24.2. The molecule has 0 aromatic carbocycles. The molecule has 1 aromatic rings. The molecule has 0 amide bonds. The van der Waals surface area contributed by atoms with Crippen LogP contribution in [-0.4, -0.2) is 55.1 Å². The van der Waals surface area contributed by atoms with Gasteiger partial charge in [0.2, 0.25) is 10.0 Å². The van der Waals surface area contributed by atoms with Crippen LogP contribution in [0.4, 0.5) is 5.82 Å². The zero-order chi connectivity index (χ0) is 12.5. The number of rotatable bonds is 2. The van der Waals surface area contributed by atoms with Crippen molar-refractivity contribution < 1.29 is 8.42 Å². The van der Waals surface area contributed by atoms with E-state index in [0.717, 1.165) is 5.82 Å². The molecular formula is C9H13ClN4O2S. The summed E-state index contributed by atoms with van der Waals surface area (Å²) in [5.41, 5.74) is 0. The maximum absolute atomic E-state index is 11.3. The highest BCUT2D eigenvalue weighted by Crippen LogP contribution is 2.16. The molecule has 1 aromatic heterocycles. The fourth-order valence-corrected chi connectivity index (χ4v) is 2.71. The number of aromatic nitrogens is 2. The maximum Gasteiger partial charge on any atom is 0.211 e. The summed E-state index contributed by atoms with van der Waals surface area (Å²) in [5, 5.41) is 0.389. The molecular weight excluding hydrogens is 264 g/mol. The number of halogens is 1. The maximum atomic E-state index is 11.3. The Hall–Kier alpha value is -0.920. The molecule has 0 radical (unpaired) electrons. The third-order valence-electron chi connectivity index (χ3n) is 2.65. The molecule has 94 valence electrons. The summed E-state index contributed by atoms with van der Waals surface area (Å²) in [5.74, 6) is 0.734. The molecule has 0 saturated carbocycles. The Morgan fingerprint density at radius 1 is 1.24 bits per heavy atom. The van der Waals surface area contributed by atoms with E-state index in [-0.39, 0.29) is 0 Å². The highest BCUT2D eigenvalue weighted by molar-refractivity contribution is 7.88. The molecule has 1 saturated heterocycles. The van der Waals surface area contributed by atoms with E-state index < -0.39 is 10.0 Å². The topological polar surface area (TPSA) is 66.4 Å². The van der Waals surface area contributed by atoms with Crippen molar-refractivity contribution in [1.82, 2.24) is 14.3 Å². The second-order valence-electron chi connectivity index (χ2n) is 3.85. The van der Waals surface area contributed by atoms with Crippen molar-refractivity contribution in [3.63, 3.8) is 0 Å². The Morgan fingerprint density at radius 3 is 2.41 bits per heavy atom. The van der Waals surface area contributed by atoms with Gasteiger partial charge in [0.05, 0.1) is 6.26 Å². The predicted octanol–water partition coefficient (Wildman–Crippen LogP) is 0.212. The molecule has 0 spiro atoms. The molecule has 0 aliphatic carbocycles. The average molecular weight is 277 g/mol. The average Bonchev–Trinajstić information content (AvgIpc) is 2.28. The van der Waals surface area contributed by atoms with E-state index >= 15 is 0 Å². The highest BCUT2D eigenvalue weighted by atomic mass is 35.5. The van der Waals surface area contributed by atoms with Gasteiger partial charge in [-0.15, -0.1) is 0 Å². The van der Waals surface area contributed by atoms with E-state index in [9.17, 15) is 8.42 Å². The van der Waals surface area contributed by atoms with E-state index in [1.165, 1.54) is 16.9 Å². The molecule has 2 rings (SSSR count). The molecule has 8 heteroatoms. The van der Waals surface area contributed by atoms with Gasteiger partial charge in [0.1, 0.15) is 17.3 Å². The molecule has 1 fully saturated rings. The highest BCUT2D eigenvalue weighted by Gasteiger charge is 2.23. The first-order valence-corrected chi connectivity index (χ1v) is 7.37. The number of piperazine rings is 1. The lowest BCUT2D eigenvalue weighted by molar-refractivity contribution is 0.387. The van der Waals surface area contributed by atoms with E-state index in [1.807, 2.05) is 4.90 Å². The molecule has 6 nitrogen and oxygen atoms in total. The molecule has 0 atom stereocenters. The first kappa shape index (κ1) is 12.5. The fraction of sp³-hybridized carbons (Fsp3) is 0.556. The second kappa shape index (κ2) is 4.75. The molecule has 0 unspecified atom stereocenters. The van der Waals surface area contributed by atoms with Crippen LogP contribution in [0.15, 0.2) is 12.4 Å². The van der Waals surface area contributed by atoms with Gasteiger partial charge in [0.15, 0.2) is 0 Å². The van der Waals surface area contributed by atoms with Crippen LogP contribution < -0.4 is 4.90 Å². The third-order valence-corrected chi connectivity index (χ3v) is 4.16. The minimum absolute atomic E-state index is 0.389. The summed E-state index contributed by atoms with van der Waals surface area (Å²) in [7, 11) is -3.09. The van der Waals surface area contributed by atoms with Crippen LogP contribution in [0, 0.1) is 0 Å². The molecule has 0 bridgehead atoms. The van der Waals surface area contributed by atoms with Gasteiger partial charge in [-0.3, -0.25) is 0 Å². The van der Waals surface area contributed by atoms with Crippen LogP contribution in [0.1, 0.15) is 0 Å². The number of anilines is 1. The first-order chi connectivity index (χ1) is 7.97. The Labute approximate surface area is 105 Å². The van der Waals surface area contributed by atoms with E-state index in [4.69, 9.17) is 11.6 Å². The van der Waals surface area contributed by atoms with E-state index in [1.54, 1.807) is 6.07 Å². The van der Waals surface area contributed by atoms with Gasteiger partial charge in [0, 0.05) is 32.2 Å². The van der Waals surface area contributed by atoms with Crippen LogP contribution in [0.3, 0.4) is 0 Å². The summed E-state index contributed by atoms with van der Waals surface area (Å²) in [6.07, 6.45) is 2.63. The van der Waals surface area contributed by atoms with Crippen molar-refractivity contribution in [2.75, 3.05) is 37.3 Å². The van der Waals surface area contributed by atoms with E-state index in [0.29, 0.717) is 31.3 Å². The Bertz CT molecular complexity index is 499. The van der Waals surface area contributed by atoms with Crippen LogP contribution in [0.25, 0.3) is 0 Å². The summed E-state index contributed by atoms with van der Waals surface area (Å²) in [6, 6.07) is 1.68. The van der Waals surface area contributed by atoms with Crippen LogP contribution in [0.5, 0.6) is 0 Å². The number of hydrogen-bond donors (Lipinski definition) is 0. The molecule has 2 heterocycles. The lowest BCUT2D eigenvalue weighted by atomic mass is 10.3. The Balaban J connectivity index is 2.05. The second-order valence-corrected chi connectivity index (χ2v) is 6.22. The molecule has 0 N–H and O–H groups in total. The third kappa shape index (κ3) is 3.05. The van der Waals surface area contributed by atoms with Crippen molar-refractivity contribution >= 4 is 27.4 Å². The standard InChI is InChI=1S/C9H13ClN4O2S/c1-17(15,16)14-4-2-13(3-5-14)9-6-8(10)11-7-12-9/h6-7H,2-5H2,1H3. The minimum atomic E-state index is -3.09. The van der Waals surface area contributed by atoms with Gasteiger partial charge in [-0.25, -0.2) is 18.4 Å². The van der Waals surface area contributed by atoms with Crippen molar-refractivity contribution in [3.8, 4) is 0 Å². The first-order valence-electron chi connectivity index (χ1n) is 5.14. The smallest absolute Gasteiger partial charge is 0.211 e. The summed E-state index contributed by atoms with van der Waals surface area (Å²) in [4.78, 5) is 9.92. The molecule has 1 aliphatic rings. The number of sulfonamides is 1. The number of hydrogen-bond acceptors (Lipinski definition) is 5. The zero-order valence-electron chi connectivity index (χ0n) is 9.37. The lowest BCUT2D eigenvalue weighted by Gasteiger charge is -2.33. The predicted molar refractivity (Wildman–Crippen MR) is 65.7 cm³/mol. The van der Waals surface area contributed by atoms with Gasteiger partial charge in [-0.1, -0.05) is 11.6 Å². The van der Waals surface area contributed by atoms with Gasteiger partial charge in [-0.05, 0) is 0 Å². The van der Waals surface area contributed by atoms with Gasteiger partial charge in [-0.2, -0.15) is 4.31 Å². The van der Waals surface area contributed by atoms with Crippen LogP contribution >= 0.6 is 11.6 Å². The van der Waals surface area contributed by atoms with Crippen LogP contribution in [-0.2, 0) is 10.0 Å². The van der Waals surface area contributed by atoms with Crippen molar-refractivity contribution in [1.29, 1.82) is 0 Å². The minimum Gasteiger partial charge on any atom is -0.354 e. The summed E-state index contributed by atoms with van der Waals surface area (Å²) in [6.45, 7) is 2.17. The summed E-state index contributed by atoms with van der Waals surface area (Å²) >= 11 is 5.78. The quantitative estimate of drug-likeness (QED) is 0.723. The molecule has 17 heavy (non-hydrogen) atoms. The van der Waals surface area contributed by atoms with Gasteiger partial charge < -0.3 is 4.90 Å². The van der Waals surface area contributed by atoms with Crippen LogP contribution in [0.2, 0.25) is 5.15 Å². The van der Waals surface area contributed by atoms with Gasteiger partial charge in [0.25, 0.3) is 0 Å². The molecule has 1 aliphatic heterocycles. The van der Waals surface area contributed by atoms with Crippen molar-refractivity contribution in [3.05, 3.63) is 17.5 Å². The van der Waals surface area contributed by atoms with Crippen molar-refractivity contribution in [2.45, 2.75) is 0 Å². The Morgan fingerprint density at radius 2 is 1.88 bits per heavy atom. The largest absolute Gasteiger partial charge is 0.354 e. The monoisotopic (exact) mass is 276 g/mol. The number of nitrogens with zero attached hydrogens (tertiary/aromatic N) is 4. The fourth-order valence-electron chi connectivity index (χ4n) is 1.75. The van der Waals surface area contributed by atoms with E-state index in [2.05, 4.69) is 9.97 Å². The Kier molecular flexibility index (Phi) is 3.50. The SMILES string of the molecule is CS(=O)(=O)N1CCN(c2cc(Cl)ncn2)CC1. The normalized spacial score (nSPS) is 18.4. The lowest BCUT2D eigenvalue weighted by Crippen LogP contribution is -2.48.